The van der Waals surface area contributed by atoms with Gasteiger partial charge in [-0.2, -0.15) is 0 Å². The van der Waals surface area contributed by atoms with E-state index in [-0.39, 0.29) is 17.5 Å². The molecular weight excluding hydrogens is 222 g/mol. The number of hydrogen-bond acceptors (Lipinski definition) is 4. The van der Waals surface area contributed by atoms with Crippen molar-refractivity contribution in [1.82, 2.24) is 5.32 Å². The molecule has 2 rings (SSSR count). The first-order valence-corrected chi connectivity index (χ1v) is 5.46. The molecular formula is C12H15NO4. The molecule has 0 bridgehead atoms. The molecule has 0 amide bonds. The Bertz CT molecular complexity index is 436. The lowest BCUT2D eigenvalue weighted by Crippen LogP contribution is -2.47. The SMILES string of the molecule is CC(NC1CC1)(C(=O)O)c1cc(O)cc(O)c1. The van der Waals surface area contributed by atoms with Crippen LogP contribution in [0.3, 0.4) is 0 Å². The topological polar surface area (TPSA) is 89.8 Å². The highest BCUT2D eigenvalue weighted by molar-refractivity contribution is 5.80. The second-order valence-electron chi connectivity index (χ2n) is 4.59. The molecule has 1 aliphatic rings. The lowest BCUT2D eigenvalue weighted by Gasteiger charge is -2.27. The molecule has 5 nitrogen and oxygen atoms in total. The molecule has 1 fully saturated rings. The summed E-state index contributed by atoms with van der Waals surface area (Å²) in [4.78, 5) is 11.4. The van der Waals surface area contributed by atoms with Gasteiger partial charge in [-0.3, -0.25) is 5.32 Å². The van der Waals surface area contributed by atoms with Crippen LogP contribution in [-0.2, 0) is 10.3 Å². The van der Waals surface area contributed by atoms with E-state index in [1.807, 2.05) is 0 Å². The number of carboxylic acids is 1. The Morgan fingerprint density at radius 2 is 1.82 bits per heavy atom. The van der Waals surface area contributed by atoms with Crippen LogP contribution in [0.15, 0.2) is 18.2 Å². The number of phenols is 2. The van der Waals surface area contributed by atoms with Gasteiger partial charge in [-0.25, -0.2) is 4.79 Å². The van der Waals surface area contributed by atoms with E-state index in [0.717, 1.165) is 12.8 Å². The predicted molar refractivity (Wildman–Crippen MR) is 60.9 cm³/mol. The normalized spacial score (nSPS) is 18.6. The van der Waals surface area contributed by atoms with Crippen LogP contribution in [0.4, 0.5) is 0 Å². The predicted octanol–water partition coefficient (Wildman–Crippen LogP) is 1.15. The highest BCUT2D eigenvalue weighted by Gasteiger charge is 2.40. The van der Waals surface area contributed by atoms with Crippen molar-refractivity contribution in [2.45, 2.75) is 31.3 Å². The summed E-state index contributed by atoms with van der Waals surface area (Å²) in [7, 11) is 0. The maximum Gasteiger partial charge on any atom is 0.328 e. The van der Waals surface area contributed by atoms with Crippen molar-refractivity contribution in [3.63, 3.8) is 0 Å². The molecule has 4 N–H and O–H groups in total. The zero-order chi connectivity index (χ0) is 12.6. The summed E-state index contributed by atoms with van der Waals surface area (Å²) < 4.78 is 0. The van der Waals surface area contributed by atoms with Crippen molar-refractivity contribution in [1.29, 1.82) is 0 Å². The summed E-state index contributed by atoms with van der Waals surface area (Å²) in [6, 6.07) is 4.07. The highest BCUT2D eigenvalue weighted by Crippen LogP contribution is 2.32. The first-order valence-electron chi connectivity index (χ1n) is 5.46. The molecule has 17 heavy (non-hydrogen) atoms. The Balaban J connectivity index is 2.40. The number of hydrogen-bond donors (Lipinski definition) is 4. The van der Waals surface area contributed by atoms with Crippen LogP contribution in [0.25, 0.3) is 0 Å². The number of benzene rings is 1. The number of carbonyl (C=O) groups is 1. The molecule has 0 heterocycles. The summed E-state index contributed by atoms with van der Waals surface area (Å²) in [5.41, 5.74) is -0.952. The van der Waals surface area contributed by atoms with Crippen LogP contribution in [0, 0.1) is 0 Å². The molecule has 92 valence electrons. The van der Waals surface area contributed by atoms with Gasteiger partial charge in [0.15, 0.2) is 0 Å². The molecule has 1 aromatic carbocycles. The van der Waals surface area contributed by atoms with Crippen molar-refractivity contribution in [3.05, 3.63) is 23.8 Å². The van der Waals surface area contributed by atoms with E-state index >= 15 is 0 Å². The smallest absolute Gasteiger partial charge is 0.328 e. The third-order valence-corrected chi connectivity index (χ3v) is 2.98. The van der Waals surface area contributed by atoms with E-state index in [1.165, 1.54) is 25.1 Å². The van der Waals surface area contributed by atoms with Gasteiger partial charge in [-0.15, -0.1) is 0 Å². The van der Waals surface area contributed by atoms with Crippen molar-refractivity contribution in [2.75, 3.05) is 0 Å². The van der Waals surface area contributed by atoms with Crippen molar-refractivity contribution >= 4 is 5.97 Å². The minimum Gasteiger partial charge on any atom is -0.508 e. The lowest BCUT2D eigenvalue weighted by molar-refractivity contribution is -0.144. The second kappa shape index (κ2) is 3.92. The van der Waals surface area contributed by atoms with Crippen LogP contribution in [0.5, 0.6) is 11.5 Å². The molecule has 0 aliphatic heterocycles. The average Bonchev–Trinajstić information content (AvgIpc) is 2.99. The van der Waals surface area contributed by atoms with Gasteiger partial charge in [0.2, 0.25) is 0 Å². The third kappa shape index (κ3) is 2.34. The molecule has 0 saturated heterocycles. The average molecular weight is 237 g/mol. The van der Waals surface area contributed by atoms with Gasteiger partial charge >= 0.3 is 5.97 Å². The van der Waals surface area contributed by atoms with Crippen LogP contribution in [-0.4, -0.2) is 27.3 Å². The lowest BCUT2D eigenvalue weighted by atomic mass is 9.91. The van der Waals surface area contributed by atoms with Crippen LogP contribution in [0.1, 0.15) is 25.3 Å². The highest BCUT2D eigenvalue weighted by atomic mass is 16.4. The van der Waals surface area contributed by atoms with Crippen molar-refractivity contribution in [3.8, 4) is 11.5 Å². The number of nitrogens with one attached hydrogen (secondary N) is 1. The maximum absolute atomic E-state index is 11.4. The fourth-order valence-corrected chi connectivity index (χ4v) is 1.79. The van der Waals surface area contributed by atoms with Gasteiger partial charge in [-0.1, -0.05) is 0 Å². The summed E-state index contributed by atoms with van der Waals surface area (Å²) in [6.07, 6.45) is 1.90. The molecule has 1 atom stereocenters. The molecule has 1 aromatic rings. The van der Waals surface area contributed by atoms with E-state index in [0.29, 0.717) is 5.56 Å². The van der Waals surface area contributed by atoms with Crippen LogP contribution < -0.4 is 5.32 Å². The Morgan fingerprint density at radius 1 is 1.29 bits per heavy atom. The monoisotopic (exact) mass is 237 g/mol. The number of aromatic hydroxyl groups is 2. The number of phenolic OH excluding ortho intramolecular Hbond substituents is 2. The number of aliphatic carboxylic acids is 1. The number of carboxylic acid groups (broad SMARTS) is 1. The van der Waals surface area contributed by atoms with E-state index in [9.17, 15) is 20.1 Å². The summed E-state index contributed by atoms with van der Waals surface area (Å²) in [5.74, 6) is -1.33. The van der Waals surface area contributed by atoms with Gasteiger partial charge in [0.05, 0.1) is 0 Å². The molecule has 1 aliphatic carbocycles. The zero-order valence-electron chi connectivity index (χ0n) is 9.47. The Kier molecular flexibility index (Phi) is 2.71. The fourth-order valence-electron chi connectivity index (χ4n) is 1.79. The minimum atomic E-state index is -1.29. The zero-order valence-corrected chi connectivity index (χ0v) is 9.47. The van der Waals surface area contributed by atoms with E-state index < -0.39 is 11.5 Å². The quantitative estimate of drug-likeness (QED) is 0.630. The molecule has 1 unspecified atom stereocenters. The van der Waals surface area contributed by atoms with Crippen LogP contribution in [0.2, 0.25) is 0 Å². The molecule has 0 radical (unpaired) electrons. The molecule has 5 heteroatoms. The summed E-state index contributed by atoms with van der Waals surface area (Å²) in [5, 5.41) is 31.2. The van der Waals surface area contributed by atoms with E-state index in [1.54, 1.807) is 0 Å². The summed E-state index contributed by atoms with van der Waals surface area (Å²) >= 11 is 0. The Labute approximate surface area is 98.7 Å². The number of rotatable bonds is 4. The third-order valence-electron chi connectivity index (χ3n) is 2.98. The minimum absolute atomic E-state index is 0.148. The Hall–Kier alpha value is -1.75. The van der Waals surface area contributed by atoms with E-state index in [2.05, 4.69) is 5.32 Å². The summed E-state index contributed by atoms with van der Waals surface area (Å²) in [6.45, 7) is 1.53. The van der Waals surface area contributed by atoms with E-state index in [4.69, 9.17) is 0 Å². The van der Waals surface area contributed by atoms with Crippen molar-refractivity contribution < 1.29 is 20.1 Å². The van der Waals surface area contributed by atoms with Gasteiger partial charge in [0.1, 0.15) is 17.0 Å². The maximum atomic E-state index is 11.4. The van der Waals surface area contributed by atoms with Gasteiger partial charge in [0, 0.05) is 12.1 Å². The first-order chi connectivity index (χ1) is 7.91. The standard InChI is InChI=1S/C12H15NO4/c1-12(11(16)17,13-8-2-3-8)7-4-9(14)6-10(15)5-7/h4-6,8,13-15H,2-3H2,1H3,(H,16,17). The second-order valence-corrected chi connectivity index (χ2v) is 4.59. The Morgan fingerprint density at radius 3 is 2.24 bits per heavy atom. The van der Waals surface area contributed by atoms with Gasteiger partial charge in [0.25, 0.3) is 0 Å². The van der Waals surface area contributed by atoms with Crippen molar-refractivity contribution in [2.24, 2.45) is 0 Å². The van der Waals surface area contributed by atoms with Gasteiger partial charge in [-0.05, 0) is 37.5 Å². The van der Waals surface area contributed by atoms with Crippen LogP contribution >= 0.6 is 0 Å². The molecule has 1 saturated carbocycles. The first kappa shape index (κ1) is 11.7. The molecule has 0 aromatic heterocycles. The van der Waals surface area contributed by atoms with Gasteiger partial charge < -0.3 is 15.3 Å². The largest absolute Gasteiger partial charge is 0.508 e. The fraction of sp³-hybridized carbons (Fsp3) is 0.417. The molecule has 0 spiro atoms.